The SMILES string of the molecule is C=C(CCCCC1CCCCC1)C(N)=O.Cl. The first kappa shape index (κ1) is 15.5. The van der Waals surface area contributed by atoms with Crippen LogP contribution < -0.4 is 5.73 Å². The van der Waals surface area contributed by atoms with E-state index in [0.29, 0.717) is 5.57 Å². The Bertz CT molecular complexity index is 222. The van der Waals surface area contributed by atoms with Crippen LogP contribution in [-0.4, -0.2) is 5.91 Å². The second kappa shape index (κ2) is 8.63. The molecular formula is C13H24ClNO. The molecule has 1 fully saturated rings. The van der Waals surface area contributed by atoms with Crippen molar-refractivity contribution in [1.29, 1.82) is 0 Å². The highest BCUT2D eigenvalue weighted by Crippen LogP contribution is 2.28. The normalized spacial score (nSPS) is 16.5. The lowest BCUT2D eigenvalue weighted by molar-refractivity contribution is -0.114. The molecular weight excluding hydrogens is 222 g/mol. The number of amides is 1. The van der Waals surface area contributed by atoms with E-state index in [9.17, 15) is 4.79 Å². The minimum atomic E-state index is -0.340. The van der Waals surface area contributed by atoms with Gasteiger partial charge in [-0.2, -0.15) is 0 Å². The van der Waals surface area contributed by atoms with E-state index < -0.39 is 0 Å². The first-order chi connectivity index (χ1) is 7.20. The number of rotatable bonds is 6. The lowest BCUT2D eigenvalue weighted by Gasteiger charge is -2.21. The van der Waals surface area contributed by atoms with Gasteiger partial charge in [0.25, 0.3) is 0 Å². The number of unbranched alkanes of at least 4 members (excludes halogenated alkanes) is 1. The lowest BCUT2D eigenvalue weighted by atomic mass is 9.85. The van der Waals surface area contributed by atoms with Gasteiger partial charge >= 0.3 is 0 Å². The molecule has 1 aliphatic carbocycles. The van der Waals surface area contributed by atoms with E-state index in [1.54, 1.807) is 0 Å². The van der Waals surface area contributed by atoms with Crippen LogP contribution in [0.15, 0.2) is 12.2 Å². The molecule has 1 rings (SSSR count). The summed E-state index contributed by atoms with van der Waals surface area (Å²) in [6, 6.07) is 0. The molecule has 0 aromatic heterocycles. The fourth-order valence-electron chi connectivity index (χ4n) is 2.37. The van der Waals surface area contributed by atoms with Crippen LogP contribution in [0.3, 0.4) is 0 Å². The van der Waals surface area contributed by atoms with Gasteiger partial charge in [0.05, 0.1) is 0 Å². The summed E-state index contributed by atoms with van der Waals surface area (Å²) in [5.41, 5.74) is 5.70. The Balaban J connectivity index is 0.00000225. The van der Waals surface area contributed by atoms with Crippen LogP contribution in [0.5, 0.6) is 0 Å². The Morgan fingerprint density at radius 1 is 1.19 bits per heavy atom. The summed E-state index contributed by atoms with van der Waals surface area (Å²) in [5, 5.41) is 0. The van der Waals surface area contributed by atoms with E-state index in [0.717, 1.165) is 18.8 Å². The van der Waals surface area contributed by atoms with Crippen LogP contribution in [-0.2, 0) is 4.79 Å². The summed E-state index contributed by atoms with van der Waals surface area (Å²) in [6.07, 6.45) is 11.5. The largest absolute Gasteiger partial charge is 0.366 e. The molecule has 0 unspecified atom stereocenters. The molecule has 0 aliphatic heterocycles. The highest BCUT2D eigenvalue weighted by atomic mass is 35.5. The molecule has 2 nitrogen and oxygen atoms in total. The molecule has 0 aromatic carbocycles. The third-order valence-electron chi connectivity index (χ3n) is 3.41. The molecule has 3 heteroatoms. The average Bonchev–Trinajstić information content (AvgIpc) is 2.25. The fraction of sp³-hybridized carbons (Fsp3) is 0.769. The molecule has 2 N–H and O–H groups in total. The van der Waals surface area contributed by atoms with Crippen molar-refractivity contribution in [1.82, 2.24) is 0 Å². The van der Waals surface area contributed by atoms with Gasteiger partial charge in [0.2, 0.25) is 5.91 Å². The van der Waals surface area contributed by atoms with Crippen molar-refractivity contribution in [3.8, 4) is 0 Å². The molecule has 1 aliphatic rings. The third kappa shape index (κ3) is 6.16. The zero-order valence-corrected chi connectivity index (χ0v) is 10.9. The molecule has 1 amide bonds. The predicted molar refractivity (Wildman–Crippen MR) is 70.6 cm³/mol. The molecule has 0 bridgehead atoms. The van der Waals surface area contributed by atoms with Gasteiger partial charge in [-0.05, 0) is 18.8 Å². The van der Waals surface area contributed by atoms with Gasteiger partial charge in [-0.3, -0.25) is 4.79 Å². The van der Waals surface area contributed by atoms with Gasteiger partial charge in [0.15, 0.2) is 0 Å². The molecule has 94 valence electrons. The third-order valence-corrected chi connectivity index (χ3v) is 3.41. The van der Waals surface area contributed by atoms with E-state index >= 15 is 0 Å². The Hall–Kier alpha value is -0.500. The molecule has 1 saturated carbocycles. The molecule has 0 spiro atoms. The number of halogens is 1. The zero-order valence-electron chi connectivity index (χ0n) is 10.0. The molecule has 0 aromatic rings. The van der Waals surface area contributed by atoms with Crippen molar-refractivity contribution < 1.29 is 4.79 Å². The van der Waals surface area contributed by atoms with Crippen molar-refractivity contribution >= 4 is 18.3 Å². The quantitative estimate of drug-likeness (QED) is 0.564. The van der Waals surface area contributed by atoms with Crippen molar-refractivity contribution in [2.75, 3.05) is 0 Å². The summed E-state index contributed by atoms with van der Waals surface area (Å²) in [4.78, 5) is 10.7. The van der Waals surface area contributed by atoms with Crippen molar-refractivity contribution in [3.63, 3.8) is 0 Å². The minimum absolute atomic E-state index is 0. The number of hydrogen-bond donors (Lipinski definition) is 1. The maximum atomic E-state index is 10.7. The molecule has 0 saturated heterocycles. The van der Waals surface area contributed by atoms with Crippen LogP contribution in [0, 0.1) is 5.92 Å². The smallest absolute Gasteiger partial charge is 0.244 e. The monoisotopic (exact) mass is 245 g/mol. The van der Waals surface area contributed by atoms with E-state index in [-0.39, 0.29) is 18.3 Å². The first-order valence-corrected chi connectivity index (χ1v) is 6.17. The van der Waals surface area contributed by atoms with Crippen LogP contribution in [0.2, 0.25) is 0 Å². The van der Waals surface area contributed by atoms with Crippen molar-refractivity contribution in [2.45, 2.75) is 57.8 Å². The van der Waals surface area contributed by atoms with Crippen LogP contribution in [0.25, 0.3) is 0 Å². The van der Waals surface area contributed by atoms with Gasteiger partial charge in [-0.1, -0.05) is 51.5 Å². The molecule has 16 heavy (non-hydrogen) atoms. The fourth-order valence-corrected chi connectivity index (χ4v) is 2.37. The standard InChI is InChI=1S/C13H23NO.ClH/c1-11(13(14)15)7-5-6-10-12-8-3-2-4-9-12;/h12H,1-10H2,(H2,14,15);1H. The van der Waals surface area contributed by atoms with Gasteiger partial charge in [-0.25, -0.2) is 0 Å². The molecule has 0 radical (unpaired) electrons. The highest BCUT2D eigenvalue weighted by Gasteiger charge is 2.12. The number of nitrogens with two attached hydrogens (primary N) is 1. The lowest BCUT2D eigenvalue weighted by Crippen LogP contribution is -2.13. The summed E-state index contributed by atoms with van der Waals surface area (Å²) >= 11 is 0. The zero-order chi connectivity index (χ0) is 11.1. The topological polar surface area (TPSA) is 43.1 Å². The Morgan fingerprint density at radius 2 is 1.81 bits per heavy atom. The van der Waals surface area contributed by atoms with Crippen molar-refractivity contribution in [2.24, 2.45) is 11.7 Å². The second-order valence-electron chi connectivity index (χ2n) is 4.72. The first-order valence-electron chi connectivity index (χ1n) is 6.17. The Kier molecular flexibility index (Phi) is 8.36. The summed E-state index contributed by atoms with van der Waals surface area (Å²) in [6.45, 7) is 3.66. The minimum Gasteiger partial charge on any atom is -0.366 e. The second-order valence-corrected chi connectivity index (χ2v) is 4.72. The maximum Gasteiger partial charge on any atom is 0.244 e. The van der Waals surface area contributed by atoms with Crippen molar-refractivity contribution in [3.05, 3.63) is 12.2 Å². The van der Waals surface area contributed by atoms with Crippen LogP contribution in [0.1, 0.15) is 57.8 Å². The van der Waals surface area contributed by atoms with Gasteiger partial charge in [0, 0.05) is 5.57 Å². The summed E-state index contributed by atoms with van der Waals surface area (Å²) < 4.78 is 0. The van der Waals surface area contributed by atoms with Gasteiger partial charge in [0.1, 0.15) is 0 Å². The Labute approximate surface area is 105 Å². The van der Waals surface area contributed by atoms with Gasteiger partial charge in [-0.15, -0.1) is 12.4 Å². The predicted octanol–water partition coefficient (Wildman–Crippen LogP) is 3.59. The Morgan fingerprint density at radius 3 is 2.38 bits per heavy atom. The number of primary amides is 1. The van der Waals surface area contributed by atoms with E-state index in [4.69, 9.17) is 5.73 Å². The van der Waals surface area contributed by atoms with Crippen LogP contribution in [0.4, 0.5) is 0 Å². The van der Waals surface area contributed by atoms with Gasteiger partial charge < -0.3 is 5.73 Å². The van der Waals surface area contributed by atoms with E-state index in [2.05, 4.69) is 6.58 Å². The highest BCUT2D eigenvalue weighted by molar-refractivity contribution is 5.91. The summed E-state index contributed by atoms with van der Waals surface area (Å²) in [5.74, 6) is 0.605. The average molecular weight is 246 g/mol. The molecule has 0 atom stereocenters. The number of hydrogen-bond acceptors (Lipinski definition) is 1. The molecule has 0 heterocycles. The van der Waals surface area contributed by atoms with E-state index in [1.165, 1.54) is 44.9 Å². The van der Waals surface area contributed by atoms with Crippen LogP contribution >= 0.6 is 12.4 Å². The van der Waals surface area contributed by atoms with E-state index in [1.807, 2.05) is 0 Å². The number of carbonyl (C=O) groups is 1. The number of carbonyl (C=O) groups excluding carboxylic acids is 1. The summed E-state index contributed by atoms with van der Waals surface area (Å²) in [7, 11) is 0. The maximum absolute atomic E-state index is 10.7.